The van der Waals surface area contributed by atoms with Crippen LogP contribution in [0.2, 0.25) is 0 Å². The maximum absolute atomic E-state index is 6.69. The second-order valence-corrected chi connectivity index (χ2v) is 11.4. The summed E-state index contributed by atoms with van der Waals surface area (Å²) in [6, 6.07) is 27.7. The van der Waals surface area contributed by atoms with Crippen molar-refractivity contribution >= 4 is 131 Å². The SMILES string of the molecule is [B]c1c([B])c([B])c2c(c1[B])c1c([B])c(Br)c([B])c([B])c1n2-c1nc(-c2ccccc2)nc(-c2ccc(-c3ccccc3)cc2)n1. The summed E-state index contributed by atoms with van der Waals surface area (Å²) in [5.74, 6) is 1.04. The zero-order chi connectivity index (χ0) is 31.6. The fourth-order valence-corrected chi connectivity index (χ4v) is 6.02. The third kappa shape index (κ3) is 4.73. The Morgan fingerprint density at radius 1 is 0.422 bits per heavy atom. The predicted octanol–water partition coefficient (Wildman–Crippen LogP) is 0.289. The fraction of sp³-hybridized carbons (Fsp3) is 0. The van der Waals surface area contributed by atoms with Crippen LogP contribution in [0.15, 0.2) is 89.4 Å². The highest BCUT2D eigenvalue weighted by atomic mass is 79.9. The van der Waals surface area contributed by atoms with E-state index in [-0.39, 0.29) is 38.7 Å². The van der Waals surface area contributed by atoms with Gasteiger partial charge in [-0.25, -0.2) is 4.98 Å². The zero-order valence-corrected chi connectivity index (χ0v) is 25.4. The van der Waals surface area contributed by atoms with Gasteiger partial charge in [-0.2, -0.15) is 9.97 Å². The summed E-state index contributed by atoms with van der Waals surface area (Å²) in [4.78, 5) is 14.7. The molecule has 2 heterocycles. The maximum Gasteiger partial charge on any atom is 0.238 e. The molecule has 0 fully saturated rings. The average Bonchev–Trinajstić information content (AvgIpc) is 3.45. The van der Waals surface area contributed by atoms with Crippen molar-refractivity contribution in [2.75, 3.05) is 0 Å². The Morgan fingerprint density at radius 2 is 0.844 bits per heavy atom. The normalized spacial score (nSPS) is 11.4. The molecule has 5 aromatic carbocycles. The van der Waals surface area contributed by atoms with Gasteiger partial charge < -0.3 is 0 Å². The highest BCUT2D eigenvalue weighted by Gasteiger charge is 2.25. The van der Waals surface area contributed by atoms with Gasteiger partial charge in [-0.05, 0) is 16.5 Å². The predicted molar refractivity (Wildman–Crippen MR) is 196 cm³/mol. The van der Waals surface area contributed by atoms with E-state index >= 15 is 0 Å². The molecule has 7 aromatic rings. The van der Waals surface area contributed by atoms with E-state index in [0.29, 0.717) is 43.4 Å². The van der Waals surface area contributed by atoms with Gasteiger partial charge in [0.15, 0.2) is 11.6 Å². The molecule has 7 rings (SSSR count). The van der Waals surface area contributed by atoms with Gasteiger partial charge in [0.2, 0.25) is 5.95 Å². The van der Waals surface area contributed by atoms with Gasteiger partial charge in [0.1, 0.15) is 54.9 Å². The molecule has 0 saturated carbocycles. The minimum absolute atomic E-state index is 0.113. The molecule has 12 heteroatoms. The van der Waals surface area contributed by atoms with Crippen molar-refractivity contribution in [1.29, 1.82) is 0 Å². The van der Waals surface area contributed by atoms with E-state index in [1.165, 1.54) is 0 Å². The Kier molecular flexibility index (Phi) is 7.44. The number of hydrogen-bond acceptors (Lipinski definition) is 3. The molecule has 2 aromatic heterocycles. The average molecular weight is 622 g/mol. The summed E-state index contributed by atoms with van der Waals surface area (Å²) >= 11 is 3.48. The lowest BCUT2D eigenvalue weighted by molar-refractivity contribution is 0.956. The second-order valence-electron chi connectivity index (χ2n) is 10.6. The summed E-state index contributed by atoms with van der Waals surface area (Å²) in [7, 11) is 45.7. The molecule has 0 spiro atoms. The summed E-state index contributed by atoms with van der Waals surface area (Å²) in [5.41, 5.74) is 5.83. The number of halogens is 1. The molecule has 4 nitrogen and oxygen atoms in total. The Balaban J connectivity index is 1.58. The molecule has 0 N–H and O–H groups in total. The van der Waals surface area contributed by atoms with E-state index in [2.05, 4.69) is 28.1 Å². The van der Waals surface area contributed by atoms with Crippen molar-refractivity contribution < 1.29 is 0 Å². The number of fused-ring (bicyclic) bond motifs is 3. The maximum atomic E-state index is 6.69. The molecule has 0 unspecified atom stereocenters. The summed E-state index contributed by atoms with van der Waals surface area (Å²) in [6.07, 6.45) is 0. The molecule has 14 radical (unpaired) electrons. The van der Waals surface area contributed by atoms with Crippen LogP contribution in [0.3, 0.4) is 0 Å². The van der Waals surface area contributed by atoms with Crippen molar-refractivity contribution in [3.63, 3.8) is 0 Å². The van der Waals surface area contributed by atoms with Gasteiger partial charge in [0, 0.05) is 32.0 Å². The fourth-order valence-electron chi connectivity index (χ4n) is 5.61. The molecule has 194 valence electrons. The van der Waals surface area contributed by atoms with Crippen LogP contribution in [0.5, 0.6) is 0 Å². The first-order valence-corrected chi connectivity index (χ1v) is 14.7. The van der Waals surface area contributed by atoms with Gasteiger partial charge in [0.25, 0.3) is 0 Å². The van der Waals surface area contributed by atoms with Crippen LogP contribution >= 0.6 is 15.9 Å². The molecular weight excluding hydrogens is 608 g/mol. The lowest BCUT2D eigenvalue weighted by atomic mass is 9.65. The first-order chi connectivity index (χ1) is 21.7. The Bertz CT molecular complexity index is 2220. The standard InChI is InChI=1S/C33H14B7BrN4/c34-21-19-20-22(35)28(41)25(38)27(40)30(20)45(29(19)26(39)24(37)23(21)36)33-43-31(17-9-5-2-6-10-17)42-32(44-33)18-13-11-16(12-14-18)15-7-3-1-4-8-15/h1-14H. The molecule has 0 saturated heterocycles. The first-order valence-electron chi connectivity index (χ1n) is 13.9. The van der Waals surface area contributed by atoms with E-state index < -0.39 is 0 Å². The quantitative estimate of drug-likeness (QED) is 0.266. The highest BCUT2D eigenvalue weighted by Crippen LogP contribution is 2.30. The Hall–Kier alpha value is -4.16. The van der Waals surface area contributed by atoms with Crippen LogP contribution in [0.1, 0.15) is 0 Å². The van der Waals surface area contributed by atoms with E-state index in [4.69, 9.17) is 69.9 Å². The van der Waals surface area contributed by atoms with Crippen LogP contribution in [0, 0.1) is 0 Å². The lowest BCUT2D eigenvalue weighted by Crippen LogP contribution is -2.48. The second kappa shape index (κ2) is 11.3. The van der Waals surface area contributed by atoms with Crippen molar-refractivity contribution in [2.24, 2.45) is 0 Å². The van der Waals surface area contributed by atoms with Crippen LogP contribution in [-0.4, -0.2) is 74.4 Å². The van der Waals surface area contributed by atoms with Gasteiger partial charge in [-0.3, -0.25) is 4.57 Å². The van der Waals surface area contributed by atoms with Gasteiger partial charge in [-0.1, -0.05) is 128 Å². The lowest BCUT2D eigenvalue weighted by Gasteiger charge is -2.17. The van der Waals surface area contributed by atoms with Crippen molar-refractivity contribution in [3.05, 3.63) is 89.4 Å². The molecule has 0 amide bonds. The van der Waals surface area contributed by atoms with Crippen molar-refractivity contribution in [3.8, 4) is 39.9 Å². The van der Waals surface area contributed by atoms with Crippen LogP contribution in [0.25, 0.3) is 61.7 Å². The number of hydrogen-bond donors (Lipinski definition) is 0. The highest BCUT2D eigenvalue weighted by molar-refractivity contribution is 9.10. The third-order valence-electron chi connectivity index (χ3n) is 7.96. The van der Waals surface area contributed by atoms with Crippen LogP contribution in [0.4, 0.5) is 0 Å². The van der Waals surface area contributed by atoms with Crippen molar-refractivity contribution in [1.82, 2.24) is 19.5 Å². The summed E-state index contributed by atoms with van der Waals surface area (Å²) in [6.45, 7) is 0. The van der Waals surface area contributed by atoms with E-state index in [1.54, 1.807) is 4.57 Å². The monoisotopic (exact) mass is 622 g/mol. The first kappa shape index (κ1) is 29.5. The Labute approximate surface area is 278 Å². The number of nitrogens with zero attached hydrogens (tertiary/aromatic N) is 4. The van der Waals surface area contributed by atoms with Crippen LogP contribution in [-0.2, 0) is 0 Å². The molecule has 0 aliphatic heterocycles. The number of aromatic nitrogens is 4. The van der Waals surface area contributed by atoms with E-state index in [0.717, 1.165) is 22.3 Å². The molecule has 0 atom stereocenters. The largest absolute Gasteiger partial charge is 0.279 e. The van der Waals surface area contributed by atoms with E-state index in [9.17, 15) is 0 Å². The molecule has 0 aliphatic rings. The molecule has 0 bridgehead atoms. The third-order valence-corrected chi connectivity index (χ3v) is 8.81. The van der Waals surface area contributed by atoms with Gasteiger partial charge in [-0.15, -0.1) is 10.9 Å². The number of rotatable bonds is 4. The van der Waals surface area contributed by atoms with Crippen LogP contribution < -0.4 is 38.2 Å². The molecule has 45 heavy (non-hydrogen) atoms. The van der Waals surface area contributed by atoms with Gasteiger partial charge in [0.05, 0.1) is 0 Å². The summed E-state index contributed by atoms with van der Waals surface area (Å²) in [5, 5.41) is 0.935. The van der Waals surface area contributed by atoms with Gasteiger partial charge >= 0.3 is 0 Å². The summed E-state index contributed by atoms with van der Waals surface area (Å²) < 4.78 is 2.09. The Morgan fingerprint density at radius 3 is 1.42 bits per heavy atom. The smallest absolute Gasteiger partial charge is 0.238 e. The molecular formula is C33H14B7BrN4. The zero-order valence-electron chi connectivity index (χ0n) is 23.8. The minimum Gasteiger partial charge on any atom is -0.279 e. The minimum atomic E-state index is 0.113. The number of benzene rings is 5. The van der Waals surface area contributed by atoms with E-state index in [1.807, 2.05) is 72.8 Å². The van der Waals surface area contributed by atoms with Crippen molar-refractivity contribution in [2.45, 2.75) is 0 Å². The topological polar surface area (TPSA) is 43.6 Å². The molecule has 0 aliphatic carbocycles.